The van der Waals surface area contributed by atoms with Crippen molar-refractivity contribution in [2.75, 3.05) is 18.0 Å². The summed E-state index contributed by atoms with van der Waals surface area (Å²) >= 11 is 0. The van der Waals surface area contributed by atoms with Crippen LogP contribution in [0, 0.1) is 24.7 Å². The van der Waals surface area contributed by atoms with Gasteiger partial charge in [-0.1, -0.05) is 62.4 Å². The van der Waals surface area contributed by atoms with Gasteiger partial charge in [0, 0.05) is 36.7 Å². The number of ether oxygens (including phenoxy) is 1. The van der Waals surface area contributed by atoms with E-state index in [1.54, 1.807) is 0 Å². The first-order valence-electron chi connectivity index (χ1n) is 17.0. The quantitative estimate of drug-likeness (QED) is 0.158. The number of carbonyl (C=O) groups excluding carboxylic acids is 3. The van der Waals surface area contributed by atoms with Crippen molar-refractivity contribution < 1.29 is 19.1 Å². The molecule has 0 N–H and O–H groups in total. The van der Waals surface area contributed by atoms with E-state index in [0.29, 0.717) is 18.4 Å². The molecule has 1 atom stereocenters. The predicted molar refractivity (Wildman–Crippen MR) is 184 cm³/mol. The molecule has 0 radical (unpaired) electrons. The number of anilines is 1. The predicted octanol–water partition coefficient (Wildman–Crippen LogP) is 8.81. The molecule has 0 amide bonds. The Labute approximate surface area is 271 Å². The summed E-state index contributed by atoms with van der Waals surface area (Å²) in [6, 6.07) is 14.6. The van der Waals surface area contributed by atoms with Crippen LogP contribution in [-0.2, 0) is 27.2 Å². The smallest absolute Gasteiger partial charge is 0.309 e. The molecule has 5 nitrogen and oxygen atoms in total. The Kier molecular flexibility index (Phi) is 12.0. The van der Waals surface area contributed by atoms with Crippen LogP contribution in [-0.4, -0.2) is 36.2 Å². The van der Waals surface area contributed by atoms with E-state index in [1.807, 2.05) is 58.1 Å². The Hall–Kier alpha value is -3.47. The number of para-hydroxylation sites is 1. The molecule has 5 heteroatoms. The van der Waals surface area contributed by atoms with Crippen molar-refractivity contribution in [3.63, 3.8) is 0 Å². The molecule has 0 heterocycles. The molecular weight excluding hydrogens is 558 g/mol. The Morgan fingerprint density at radius 1 is 0.978 bits per heavy atom. The standard InChI is InChI=1S/C40H53NO4/c1-7-24-41(36-17-11-8-13-28(36)2)25-12-16-31-20-23-34(26-35(31)27-37(42)32-14-9-10-15-32)38(43)29(3)30-18-21-33(22-19-30)39(44)45-40(4,5)6/h8-11,13-14,17,20,23,26,29-30,33H,7,12,15-16,18-19,21-22,24-25,27H2,1-6H3/t29-,30?,33?/m0/s1. The number of ketones is 2. The van der Waals surface area contributed by atoms with Gasteiger partial charge in [0.05, 0.1) is 5.92 Å². The summed E-state index contributed by atoms with van der Waals surface area (Å²) in [4.78, 5) is 42.1. The number of benzene rings is 2. The fraction of sp³-hybridized carbons (Fsp3) is 0.525. The van der Waals surface area contributed by atoms with Gasteiger partial charge in [0.25, 0.3) is 0 Å². The first-order valence-corrected chi connectivity index (χ1v) is 17.0. The van der Waals surface area contributed by atoms with Crippen LogP contribution in [0.25, 0.3) is 0 Å². The molecule has 1 saturated carbocycles. The highest BCUT2D eigenvalue weighted by atomic mass is 16.6. The third-order valence-electron chi connectivity index (χ3n) is 9.43. The Balaban J connectivity index is 1.45. The summed E-state index contributed by atoms with van der Waals surface area (Å²) in [6.07, 6.45) is 13.0. The first kappa shape index (κ1) is 34.4. The van der Waals surface area contributed by atoms with Crippen LogP contribution in [0.2, 0.25) is 0 Å². The second-order valence-corrected chi connectivity index (χ2v) is 14.1. The number of aryl methyl sites for hydroxylation is 2. The van der Waals surface area contributed by atoms with Crippen molar-refractivity contribution >= 4 is 23.2 Å². The fourth-order valence-corrected chi connectivity index (χ4v) is 6.85. The average Bonchev–Trinajstić information content (AvgIpc) is 3.56. The lowest BCUT2D eigenvalue weighted by Crippen LogP contribution is -2.33. The van der Waals surface area contributed by atoms with Gasteiger partial charge in [0.15, 0.2) is 11.6 Å². The lowest BCUT2D eigenvalue weighted by atomic mass is 9.74. The first-order chi connectivity index (χ1) is 21.5. The van der Waals surface area contributed by atoms with Gasteiger partial charge >= 0.3 is 5.97 Å². The molecule has 4 rings (SSSR count). The zero-order valence-electron chi connectivity index (χ0n) is 28.4. The maximum Gasteiger partial charge on any atom is 0.309 e. The number of esters is 1. The van der Waals surface area contributed by atoms with Gasteiger partial charge in [0.1, 0.15) is 5.60 Å². The van der Waals surface area contributed by atoms with Crippen molar-refractivity contribution in [2.24, 2.45) is 17.8 Å². The lowest BCUT2D eigenvalue weighted by molar-refractivity contribution is -0.161. The minimum Gasteiger partial charge on any atom is -0.460 e. The molecule has 0 aliphatic heterocycles. The number of Topliss-reactive ketones (excluding diaryl/α,β-unsaturated/α-hetero) is 2. The zero-order valence-corrected chi connectivity index (χ0v) is 28.4. The van der Waals surface area contributed by atoms with E-state index in [2.05, 4.69) is 49.1 Å². The largest absolute Gasteiger partial charge is 0.460 e. The summed E-state index contributed by atoms with van der Waals surface area (Å²) in [5.41, 5.74) is 5.73. The van der Waals surface area contributed by atoms with Gasteiger partial charge in [-0.3, -0.25) is 14.4 Å². The van der Waals surface area contributed by atoms with Crippen molar-refractivity contribution in [2.45, 2.75) is 105 Å². The Bertz CT molecular complexity index is 1400. The van der Waals surface area contributed by atoms with Gasteiger partial charge < -0.3 is 9.64 Å². The van der Waals surface area contributed by atoms with Crippen LogP contribution in [0.3, 0.4) is 0 Å². The van der Waals surface area contributed by atoms with Gasteiger partial charge in [-0.2, -0.15) is 0 Å². The van der Waals surface area contributed by atoms with Crippen LogP contribution in [0.15, 0.2) is 66.3 Å². The summed E-state index contributed by atoms with van der Waals surface area (Å²) in [5, 5.41) is 0. The summed E-state index contributed by atoms with van der Waals surface area (Å²) in [5.74, 6) is 0.157. The molecule has 0 aromatic heterocycles. The third kappa shape index (κ3) is 9.51. The van der Waals surface area contributed by atoms with E-state index in [9.17, 15) is 14.4 Å². The molecule has 0 unspecified atom stereocenters. The van der Waals surface area contributed by atoms with Crippen molar-refractivity contribution in [3.05, 3.63) is 88.5 Å². The van der Waals surface area contributed by atoms with E-state index in [1.165, 1.54) is 11.3 Å². The van der Waals surface area contributed by atoms with E-state index >= 15 is 0 Å². The summed E-state index contributed by atoms with van der Waals surface area (Å²) in [7, 11) is 0. The van der Waals surface area contributed by atoms with E-state index in [-0.39, 0.29) is 35.3 Å². The second kappa shape index (κ2) is 15.7. The van der Waals surface area contributed by atoms with Gasteiger partial charge in [-0.15, -0.1) is 0 Å². The van der Waals surface area contributed by atoms with Crippen LogP contribution in [0.4, 0.5) is 5.69 Å². The molecule has 0 spiro atoms. The van der Waals surface area contributed by atoms with Crippen LogP contribution in [0.5, 0.6) is 0 Å². The molecule has 242 valence electrons. The molecule has 1 fully saturated rings. The average molecular weight is 612 g/mol. The highest BCUT2D eigenvalue weighted by Crippen LogP contribution is 2.36. The van der Waals surface area contributed by atoms with Gasteiger partial charge in [0.2, 0.25) is 0 Å². The Morgan fingerprint density at radius 3 is 2.36 bits per heavy atom. The van der Waals surface area contributed by atoms with Crippen molar-refractivity contribution in [3.8, 4) is 0 Å². The van der Waals surface area contributed by atoms with Gasteiger partial charge in [-0.25, -0.2) is 0 Å². The normalized spacial score (nSPS) is 18.8. The zero-order chi connectivity index (χ0) is 32.6. The SMILES string of the molecule is CCCN(CCCc1ccc(C(=O)[C@@H](C)C2CCC(C(=O)OC(C)(C)C)CC2)cc1CC(=O)C1=CC=CC1)c1ccccc1C. The van der Waals surface area contributed by atoms with Crippen molar-refractivity contribution in [1.82, 2.24) is 0 Å². The molecule has 2 aromatic carbocycles. The molecule has 2 aliphatic rings. The van der Waals surface area contributed by atoms with E-state index in [0.717, 1.165) is 74.7 Å². The number of rotatable bonds is 14. The van der Waals surface area contributed by atoms with Crippen LogP contribution >= 0.6 is 0 Å². The van der Waals surface area contributed by atoms with Crippen LogP contribution < -0.4 is 4.90 Å². The summed E-state index contributed by atoms with van der Waals surface area (Å²) in [6.45, 7) is 14.0. The fourth-order valence-electron chi connectivity index (χ4n) is 6.85. The molecule has 2 aliphatic carbocycles. The molecule has 0 bridgehead atoms. The highest BCUT2D eigenvalue weighted by molar-refractivity contribution is 6.00. The number of allylic oxidation sites excluding steroid dienone is 4. The maximum absolute atomic E-state index is 13.8. The number of carbonyl (C=O) groups is 3. The lowest BCUT2D eigenvalue weighted by Gasteiger charge is -2.32. The summed E-state index contributed by atoms with van der Waals surface area (Å²) < 4.78 is 5.62. The molecule has 0 saturated heterocycles. The van der Waals surface area contributed by atoms with E-state index in [4.69, 9.17) is 4.74 Å². The number of nitrogens with zero attached hydrogens (tertiary/aromatic N) is 1. The highest BCUT2D eigenvalue weighted by Gasteiger charge is 2.34. The molecule has 45 heavy (non-hydrogen) atoms. The monoisotopic (exact) mass is 611 g/mol. The topological polar surface area (TPSA) is 63.7 Å². The number of hydrogen-bond acceptors (Lipinski definition) is 5. The number of hydrogen-bond donors (Lipinski definition) is 0. The molecule has 2 aromatic rings. The van der Waals surface area contributed by atoms with E-state index < -0.39 is 5.60 Å². The Morgan fingerprint density at radius 2 is 1.71 bits per heavy atom. The van der Waals surface area contributed by atoms with Crippen molar-refractivity contribution in [1.29, 1.82) is 0 Å². The van der Waals surface area contributed by atoms with Crippen LogP contribution in [0.1, 0.15) is 107 Å². The molecular formula is C40H53NO4. The third-order valence-corrected chi connectivity index (χ3v) is 9.43. The minimum atomic E-state index is -0.483. The second-order valence-electron chi connectivity index (χ2n) is 14.1. The minimum absolute atomic E-state index is 0.0851. The van der Waals surface area contributed by atoms with Gasteiger partial charge in [-0.05, 0) is 119 Å². The maximum atomic E-state index is 13.8.